The molecule has 0 heterocycles. The average molecular weight is 248 g/mol. The van der Waals surface area contributed by atoms with Gasteiger partial charge in [0.1, 0.15) is 0 Å². The minimum absolute atomic E-state index is 0. The van der Waals surface area contributed by atoms with Crippen LogP contribution in [0.1, 0.15) is 10.4 Å². The van der Waals surface area contributed by atoms with Gasteiger partial charge in [-0.05, 0) is 18.2 Å². The Morgan fingerprint density at radius 2 is 1.73 bits per heavy atom. The third kappa shape index (κ3) is 5.46. The van der Waals surface area contributed by atoms with E-state index in [1.54, 1.807) is 0 Å². The van der Waals surface area contributed by atoms with E-state index in [9.17, 15) is 13.2 Å². The summed E-state index contributed by atoms with van der Waals surface area (Å²) in [6.07, 6.45) is 0. The largest absolute Gasteiger partial charge is 0.478 e. The van der Waals surface area contributed by atoms with Crippen LogP contribution in [0.15, 0.2) is 29.2 Å². The third-order valence-corrected chi connectivity index (χ3v) is 2.23. The van der Waals surface area contributed by atoms with E-state index in [-0.39, 0.29) is 64.7 Å². The summed E-state index contributed by atoms with van der Waals surface area (Å²) < 4.78 is 29.7. The summed E-state index contributed by atoms with van der Waals surface area (Å²) in [4.78, 5) is 9.98. The third-order valence-electron chi connectivity index (χ3n) is 1.38. The molecule has 0 atom stereocenters. The van der Waals surface area contributed by atoms with Crippen LogP contribution in [0, 0.1) is 0 Å². The number of aromatic carboxylic acids is 1. The van der Waals surface area contributed by atoms with Gasteiger partial charge in [0.15, 0.2) is 0 Å². The fourth-order valence-electron chi connectivity index (χ4n) is 0.790. The predicted molar refractivity (Wildman–Crippen MR) is 54.7 cm³/mol. The van der Waals surface area contributed by atoms with Crippen molar-refractivity contribution in [1.82, 2.24) is 0 Å². The summed E-state index contributed by atoms with van der Waals surface area (Å²) in [6.45, 7) is 0. The molecule has 0 aromatic heterocycles. The van der Waals surface area contributed by atoms with Crippen molar-refractivity contribution in [3.63, 3.8) is 0 Å². The van der Waals surface area contributed by atoms with E-state index in [2.05, 4.69) is 0 Å². The second-order valence-corrected chi connectivity index (χ2v) is 3.73. The maximum atomic E-state index is 10.6. The van der Waals surface area contributed by atoms with Crippen LogP contribution in [-0.4, -0.2) is 83.2 Å². The van der Waals surface area contributed by atoms with E-state index < -0.39 is 21.0 Å². The summed E-state index contributed by atoms with van der Waals surface area (Å²) in [5, 5.41) is 8.50. The van der Waals surface area contributed by atoms with Gasteiger partial charge in [-0.2, -0.15) is 8.42 Å². The molecule has 0 aliphatic rings. The summed E-state index contributed by atoms with van der Waals surface area (Å²) >= 11 is 0. The van der Waals surface area contributed by atoms with Crippen molar-refractivity contribution in [1.29, 1.82) is 0 Å². The summed E-state index contributed by atoms with van der Waals surface area (Å²) in [5.41, 5.74) is -0.185. The molecular formula is C7H6Na2O5S. The molecular weight excluding hydrogens is 242 g/mol. The van der Waals surface area contributed by atoms with Gasteiger partial charge in [0.05, 0.1) is 10.5 Å². The van der Waals surface area contributed by atoms with Crippen molar-refractivity contribution in [2.45, 2.75) is 4.90 Å². The van der Waals surface area contributed by atoms with Gasteiger partial charge in [0, 0.05) is 59.1 Å². The Labute approximate surface area is 131 Å². The first-order valence-corrected chi connectivity index (χ1v) is 4.66. The van der Waals surface area contributed by atoms with E-state index in [1.807, 2.05) is 0 Å². The quantitative estimate of drug-likeness (QED) is 0.562. The van der Waals surface area contributed by atoms with Gasteiger partial charge in [0.25, 0.3) is 10.1 Å². The molecule has 1 aromatic rings. The fraction of sp³-hybridized carbons (Fsp3) is 0. The molecule has 0 amide bonds. The molecule has 2 radical (unpaired) electrons. The molecule has 15 heavy (non-hydrogen) atoms. The number of rotatable bonds is 2. The topological polar surface area (TPSA) is 91.7 Å². The number of carbonyl (C=O) groups is 1. The summed E-state index contributed by atoms with van der Waals surface area (Å²) in [6, 6.07) is 4.48. The SMILES string of the molecule is O=C(O)c1cccc(S(=O)(=O)O)c1.[Na].[Na]. The number of hydrogen-bond acceptors (Lipinski definition) is 3. The van der Waals surface area contributed by atoms with Crippen LogP contribution < -0.4 is 0 Å². The molecule has 1 rings (SSSR count). The first-order valence-electron chi connectivity index (χ1n) is 3.22. The summed E-state index contributed by atoms with van der Waals surface area (Å²) in [7, 11) is -4.32. The van der Waals surface area contributed by atoms with Crippen molar-refractivity contribution in [2.75, 3.05) is 0 Å². The van der Waals surface area contributed by atoms with Gasteiger partial charge in [-0.25, -0.2) is 4.79 Å². The molecule has 1 aromatic carbocycles. The Kier molecular flexibility index (Phi) is 8.43. The zero-order valence-corrected chi connectivity index (χ0v) is 13.2. The van der Waals surface area contributed by atoms with Gasteiger partial charge in [-0.15, -0.1) is 0 Å². The zero-order chi connectivity index (χ0) is 10.1. The van der Waals surface area contributed by atoms with Gasteiger partial charge in [-0.1, -0.05) is 6.07 Å². The van der Waals surface area contributed by atoms with Crippen LogP contribution in [0.25, 0.3) is 0 Å². The number of carboxylic acid groups (broad SMARTS) is 1. The predicted octanol–water partition coefficient (Wildman–Crippen LogP) is -0.130. The normalized spacial score (nSPS) is 9.67. The van der Waals surface area contributed by atoms with Crippen molar-refractivity contribution < 1.29 is 22.9 Å². The van der Waals surface area contributed by atoms with Crippen LogP contribution >= 0.6 is 0 Å². The first kappa shape index (κ1) is 18.0. The van der Waals surface area contributed by atoms with E-state index in [0.29, 0.717) is 0 Å². The first-order chi connectivity index (χ1) is 5.91. The van der Waals surface area contributed by atoms with E-state index in [0.717, 1.165) is 12.1 Å². The molecule has 0 bridgehead atoms. The molecule has 5 nitrogen and oxygen atoms in total. The van der Waals surface area contributed by atoms with Gasteiger partial charge < -0.3 is 5.11 Å². The zero-order valence-electron chi connectivity index (χ0n) is 8.34. The molecule has 8 heteroatoms. The number of hydrogen-bond donors (Lipinski definition) is 2. The Hall–Kier alpha value is 0.600. The minimum Gasteiger partial charge on any atom is -0.478 e. The molecule has 72 valence electrons. The Morgan fingerprint density at radius 3 is 2.13 bits per heavy atom. The van der Waals surface area contributed by atoms with E-state index in [1.165, 1.54) is 12.1 Å². The van der Waals surface area contributed by atoms with Crippen LogP contribution in [0.3, 0.4) is 0 Å². The van der Waals surface area contributed by atoms with Crippen molar-refractivity contribution in [3.05, 3.63) is 29.8 Å². The minimum atomic E-state index is -4.32. The van der Waals surface area contributed by atoms with Crippen molar-refractivity contribution >= 4 is 75.2 Å². The van der Waals surface area contributed by atoms with Gasteiger partial charge >= 0.3 is 5.97 Å². The average Bonchev–Trinajstić information content (AvgIpc) is 2.03. The van der Waals surface area contributed by atoms with E-state index in [4.69, 9.17) is 9.66 Å². The second kappa shape index (κ2) is 7.03. The molecule has 0 aliphatic carbocycles. The van der Waals surface area contributed by atoms with E-state index >= 15 is 0 Å². The Morgan fingerprint density at radius 1 is 1.20 bits per heavy atom. The maximum absolute atomic E-state index is 10.6. The number of benzene rings is 1. The number of carboxylic acids is 1. The standard InChI is InChI=1S/C7H6O5S.2Na/c8-7(9)5-2-1-3-6(4-5)13(10,11)12;;/h1-4H,(H,8,9)(H,10,11,12);;. The van der Waals surface area contributed by atoms with Crippen LogP contribution in [-0.2, 0) is 10.1 Å². The van der Waals surface area contributed by atoms with Crippen LogP contribution in [0.5, 0.6) is 0 Å². The molecule has 0 unspecified atom stereocenters. The molecule has 2 N–H and O–H groups in total. The molecule has 0 saturated carbocycles. The Bertz CT molecular complexity index is 442. The Balaban J connectivity index is 0. The molecule has 0 aliphatic heterocycles. The van der Waals surface area contributed by atoms with Crippen LogP contribution in [0.2, 0.25) is 0 Å². The monoisotopic (exact) mass is 248 g/mol. The van der Waals surface area contributed by atoms with Crippen molar-refractivity contribution in [3.8, 4) is 0 Å². The summed E-state index contributed by atoms with van der Waals surface area (Å²) in [5.74, 6) is -1.24. The van der Waals surface area contributed by atoms with Crippen LogP contribution in [0.4, 0.5) is 0 Å². The maximum Gasteiger partial charge on any atom is 0.335 e. The van der Waals surface area contributed by atoms with Crippen molar-refractivity contribution in [2.24, 2.45) is 0 Å². The molecule has 0 saturated heterocycles. The molecule has 0 fully saturated rings. The smallest absolute Gasteiger partial charge is 0.335 e. The van der Waals surface area contributed by atoms with Gasteiger partial charge in [0.2, 0.25) is 0 Å². The van der Waals surface area contributed by atoms with Gasteiger partial charge in [-0.3, -0.25) is 4.55 Å². The fourth-order valence-corrected chi connectivity index (χ4v) is 1.32. The second-order valence-electron chi connectivity index (χ2n) is 2.31. The molecule has 0 spiro atoms.